The third-order valence-corrected chi connectivity index (χ3v) is 7.29. The lowest BCUT2D eigenvalue weighted by Gasteiger charge is -2.39. The molecule has 1 fully saturated rings. The first-order valence-electron chi connectivity index (χ1n) is 11.4. The molecule has 1 aliphatic carbocycles. The molecule has 34 heavy (non-hydrogen) atoms. The molecular formula is C24H28FNO8. The van der Waals surface area contributed by atoms with Crippen LogP contribution in [-0.4, -0.2) is 74.0 Å². The Bertz CT molecular complexity index is 1040. The Balaban J connectivity index is 1.59. The number of hydrogen-bond acceptors (Lipinski definition) is 9. The van der Waals surface area contributed by atoms with Crippen LogP contribution >= 0.6 is 0 Å². The van der Waals surface area contributed by atoms with E-state index < -0.39 is 36.2 Å². The average Bonchev–Trinajstić information content (AvgIpc) is 2.99. The van der Waals surface area contributed by atoms with E-state index in [1.54, 1.807) is 0 Å². The van der Waals surface area contributed by atoms with Gasteiger partial charge in [0.15, 0.2) is 17.6 Å². The molecule has 0 spiro atoms. The molecule has 0 aromatic heterocycles. The van der Waals surface area contributed by atoms with E-state index in [0.717, 1.165) is 62.6 Å². The second-order valence-corrected chi connectivity index (χ2v) is 9.08. The van der Waals surface area contributed by atoms with Crippen molar-refractivity contribution in [3.8, 4) is 11.5 Å². The first kappa shape index (κ1) is 22.9. The van der Waals surface area contributed by atoms with Crippen molar-refractivity contribution in [2.24, 2.45) is 0 Å². The molecule has 10 heteroatoms. The third kappa shape index (κ3) is 3.88. The zero-order valence-electron chi connectivity index (χ0n) is 19.2. The van der Waals surface area contributed by atoms with Gasteiger partial charge in [0.2, 0.25) is 6.79 Å². The molecule has 2 bridgehead atoms. The van der Waals surface area contributed by atoms with Crippen molar-refractivity contribution >= 4 is 11.9 Å². The fraction of sp³-hybridized carbons (Fsp3) is 0.583. The predicted octanol–water partition coefficient (Wildman–Crippen LogP) is 1.96. The molecule has 4 aliphatic rings. The van der Waals surface area contributed by atoms with Gasteiger partial charge in [-0.25, -0.2) is 4.79 Å². The predicted molar refractivity (Wildman–Crippen MR) is 115 cm³/mol. The lowest BCUT2D eigenvalue weighted by atomic mass is 9.82. The summed E-state index contributed by atoms with van der Waals surface area (Å²) in [5.74, 6) is -4.79. The molecule has 9 nitrogen and oxygen atoms in total. The number of rotatable bonds is 5. The molecule has 5 rings (SSSR count). The third-order valence-electron chi connectivity index (χ3n) is 7.29. The van der Waals surface area contributed by atoms with Gasteiger partial charge in [0, 0.05) is 25.0 Å². The Morgan fingerprint density at radius 1 is 1.18 bits per heavy atom. The van der Waals surface area contributed by atoms with Gasteiger partial charge in [0.1, 0.15) is 12.2 Å². The fourth-order valence-corrected chi connectivity index (χ4v) is 5.66. The Hall–Kier alpha value is -2.85. The van der Waals surface area contributed by atoms with Crippen LogP contribution in [0.1, 0.15) is 42.7 Å². The summed E-state index contributed by atoms with van der Waals surface area (Å²) < 4.78 is 41.9. The molecule has 3 heterocycles. The number of hydrogen-bond donors (Lipinski definition) is 1. The van der Waals surface area contributed by atoms with Crippen molar-refractivity contribution in [2.75, 3.05) is 34.1 Å². The van der Waals surface area contributed by atoms with Gasteiger partial charge in [-0.1, -0.05) is 0 Å². The second kappa shape index (κ2) is 8.74. The zero-order chi connectivity index (χ0) is 24.0. The molecule has 1 aromatic carbocycles. The van der Waals surface area contributed by atoms with Crippen molar-refractivity contribution in [1.29, 1.82) is 0 Å². The van der Waals surface area contributed by atoms with Crippen LogP contribution in [0.5, 0.6) is 11.5 Å². The van der Waals surface area contributed by atoms with Gasteiger partial charge in [0.05, 0.1) is 14.2 Å². The molecule has 1 aromatic rings. The van der Waals surface area contributed by atoms with Crippen molar-refractivity contribution in [3.05, 3.63) is 34.6 Å². The van der Waals surface area contributed by atoms with Crippen molar-refractivity contribution < 1.29 is 42.8 Å². The van der Waals surface area contributed by atoms with Gasteiger partial charge in [-0.2, -0.15) is 4.39 Å². The fourth-order valence-electron chi connectivity index (χ4n) is 5.66. The number of ether oxygens (including phenoxy) is 5. The minimum atomic E-state index is -3.53. The van der Waals surface area contributed by atoms with Gasteiger partial charge in [-0.3, -0.25) is 9.69 Å². The van der Waals surface area contributed by atoms with Crippen molar-refractivity contribution in [1.82, 2.24) is 4.90 Å². The molecule has 3 aliphatic heterocycles. The van der Waals surface area contributed by atoms with Crippen molar-refractivity contribution in [3.63, 3.8) is 0 Å². The molecule has 3 unspecified atom stereocenters. The molecule has 0 radical (unpaired) electrons. The summed E-state index contributed by atoms with van der Waals surface area (Å²) in [7, 11) is 2.55. The molecular weight excluding hydrogens is 449 g/mol. The van der Waals surface area contributed by atoms with Crippen LogP contribution in [0.25, 0.3) is 0 Å². The summed E-state index contributed by atoms with van der Waals surface area (Å²) in [6, 6.07) is 3.87. The Morgan fingerprint density at radius 2 is 1.91 bits per heavy atom. The van der Waals surface area contributed by atoms with Crippen molar-refractivity contribution in [2.45, 2.75) is 56.0 Å². The Morgan fingerprint density at radius 3 is 2.65 bits per heavy atom. The maximum atomic E-state index is 14.9. The minimum absolute atomic E-state index is 0.00196. The molecule has 1 saturated heterocycles. The maximum Gasteiger partial charge on any atom is 0.373 e. The summed E-state index contributed by atoms with van der Waals surface area (Å²) >= 11 is 0. The van der Waals surface area contributed by atoms with E-state index in [2.05, 4.69) is 9.64 Å². The average molecular weight is 477 g/mol. The molecule has 0 amide bonds. The van der Waals surface area contributed by atoms with Crippen LogP contribution < -0.4 is 9.47 Å². The highest BCUT2D eigenvalue weighted by atomic mass is 19.2. The highest BCUT2D eigenvalue weighted by molar-refractivity contribution is 5.84. The standard InChI is InChI=1S/C24H28FNO8/c1-30-19(27)11-24(25,29)23(28)34-22-20-15-10-18-17(32-12-33-18)9-14(15)6-8-26-7-5-13(21(22)31-2)3-4-16(20)26/h9-10,16,20,22,29H,3-8,11-12H2,1-2H3/t16?,20-,22?,24?/m0/s1. The summed E-state index contributed by atoms with van der Waals surface area (Å²) in [4.78, 5) is 26.8. The van der Waals surface area contributed by atoms with Gasteiger partial charge in [-0.15, -0.1) is 0 Å². The van der Waals surface area contributed by atoms with Gasteiger partial charge >= 0.3 is 17.8 Å². The van der Waals surface area contributed by atoms with Crippen LogP contribution in [0.3, 0.4) is 0 Å². The first-order valence-corrected chi connectivity index (χ1v) is 11.4. The number of methoxy groups -OCH3 is 2. The number of nitrogens with zero attached hydrogens (tertiary/aromatic N) is 1. The van der Waals surface area contributed by atoms with Crippen LogP contribution in [0.15, 0.2) is 23.5 Å². The number of benzene rings is 1. The van der Waals surface area contributed by atoms with Gasteiger partial charge in [0.25, 0.3) is 0 Å². The van der Waals surface area contributed by atoms with E-state index >= 15 is 0 Å². The highest BCUT2D eigenvalue weighted by Crippen LogP contribution is 2.48. The zero-order valence-corrected chi connectivity index (χ0v) is 19.2. The SMILES string of the molecule is COC(=O)CC(O)(F)C(=O)OC1C(OC)=C2CCC3[C@@H]1c1cc4c(cc1CCN3CC2)OCO4. The highest BCUT2D eigenvalue weighted by Gasteiger charge is 2.50. The lowest BCUT2D eigenvalue weighted by molar-refractivity contribution is -0.199. The van der Waals surface area contributed by atoms with Crippen LogP contribution in [0.4, 0.5) is 4.39 Å². The molecule has 0 saturated carbocycles. The Kier molecular flexibility index (Phi) is 5.89. The minimum Gasteiger partial charge on any atom is -0.497 e. The summed E-state index contributed by atoms with van der Waals surface area (Å²) in [5, 5.41) is 10.1. The van der Waals surface area contributed by atoms with E-state index in [0.29, 0.717) is 17.3 Å². The normalized spacial score (nSPS) is 27.1. The van der Waals surface area contributed by atoms with E-state index in [9.17, 15) is 19.1 Å². The topological polar surface area (TPSA) is 104 Å². The molecule has 184 valence electrons. The van der Waals surface area contributed by atoms with Crippen LogP contribution in [0, 0.1) is 0 Å². The quantitative estimate of drug-likeness (QED) is 0.638. The largest absolute Gasteiger partial charge is 0.497 e. The van der Waals surface area contributed by atoms with Crippen LogP contribution in [0.2, 0.25) is 0 Å². The smallest absolute Gasteiger partial charge is 0.373 e. The van der Waals surface area contributed by atoms with E-state index in [1.165, 1.54) is 7.11 Å². The number of carbonyl (C=O) groups is 2. The van der Waals surface area contributed by atoms with E-state index in [4.69, 9.17) is 18.9 Å². The number of esters is 2. The number of aliphatic hydroxyl groups is 1. The Labute approximate surface area is 196 Å². The number of fused-ring (bicyclic) bond motifs is 5. The van der Waals surface area contributed by atoms with Gasteiger partial charge < -0.3 is 28.8 Å². The van der Waals surface area contributed by atoms with E-state index in [-0.39, 0.29) is 12.8 Å². The first-order chi connectivity index (χ1) is 16.3. The van der Waals surface area contributed by atoms with Crippen LogP contribution in [-0.2, 0) is 30.2 Å². The summed E-state index contributed by atoms with van der Waals surface area (Å²) in [6.45, 7) is 1.78. The molecule has 4 atom stereocenters. The monoisotopic (exact) mass is 477 g/mol. The number of alkyl halides is 1. The number of halogens is 1. The lowest BCUT2D eigenvalue weighted by Crippen LogP contribution is -2.47. The molecule has 1 N–H and O–H groups in total. The maximum absolute atomic E-state index is 14.9. The van der Waals surface area contributed by atoms with E-state index in [1.807, 2.05) is 12.1 Å². The summed E-state index contributed by atoms with van der Waals surface area (Å²) in [5.41, 5.74) is 2.96. The second-order valence-electron chi connectivity index (χ2n) is 9.08. The number of carbonyl (C=O) groups excluding carboxylic acids is 2. The summed E-state index contributed by atoms with van der Waals surface area (Å²) in [6.07, 6.45) is 0.936. The van der Waals surface area contributed by atoms with Gasteiger partial charge in [-0.05, 0) is 54.5 Å².